The molecule has 0 aromatic heterocycles. The van der Waals surface area contributed by atoms with E-state index in [9.17, 15) is 4.79 Å². The van der Waals surface area contributed by atoms with Gasteiger partial charge in [0.25, 0.3) is 0 Å². The Bertz CT molecular complexity index is 42.8. The van der Waals surface area contributed by atoms with Crippen LogP contribution in [0.5, 0.6) is 0 Å². The molecule has 33 valence electrons. The molecular weight excluding hydrogens is 153 g/mol. The summed E-state index contributed by atoms with van der Waals surface area (Å²) in [6.45, 7) is 3.25. The van der Waals surface area contributed by atoms with Crippen LogP contribution in [0.1, 0.15) is 13.8 Å². The van der Waals surface area contributed by atoms with Gasteiger partial charge in [-0.3, -0.25) is 0 Å². The number of hydrogen-bond donors (Lipinski definition) is 0. The first-order valence-corrected chi connectivity index (χ1v) is 1.57. The number of Topliss-reactive ketones (excluding diaryl/α,β-unsaturated/α-hetero) is 1. The zero-order chi connectivity index (χ0) is 4.28. The minimum atomic E-state index is 0. The Morgan fingerprint density at radius 2 is 1.83 bits per heavy atom. The van der Waals surface area contributed by atoms with Crippen LogP contribution in [0, 0.1) is 6.42 Å². The molecule has 0 aliphatic carbocycles. The number of ketones is 1. The molecule has 0 saturated carbocycles. The molecule has 0 fully saturated rings. The topological polar surface area (TPSA) is 17.1 Å². The minimum Gasteiger partial charge on any atom is -0.335 e. The quantitative estimate of drug-likeness (QED) is 0.518. The van der Waals surface area contributed by atoms with E-state index in [0.717, 1.165) is 0 Å². The molecular formula is C4H7OY-. The van der Waals surface area contributed by atoms with Gasteiger partial charge in [-0.1, -0.05) is 0 Å². The van der Waals surface area contributed by atoms with Gasteiger partial charge in [0, 0.05) is 32.7 Å². The molecule has 0 aromatic rings. The molecule has 0 spiro atoms. The molecule has 0 aliphatic rings. The van der Waals surface area contributed by atoms with Crippen LogP contribution < -0.4 is 0 Å². The zero-order valence-corrected chi connectivity index (χ0v) is 6.90. The van der Waals surface area contributed by atoms with Crippen molar-refractivity contribution in [3.63, 3.8) is 0 Å². The molecule has 1 radical (unpaired) electrons. The van der Waals surface area contributed by atoms with E-state index in [1.54, 1.807) is 6.92 Å². The molecule has 1 nitrogen and oxygen atoms in total. The SMILES string of the molecule is C[CH-]C(C)=O.[Y]. The van der Waals surface area contributed by atoms with Crippen molar-refractivity contribution in [3.05, 3.63) is 6.42 Å². The van der Waals surface area contributed by atoms with E-state index in [1.165, 1.54) is 13.3 Å². The molecule has 0 N–H and O–H groups in total. The average molecular weight is 160 g/mol. The molecule has 0 aromatic carbocycles. The summed E-state index contributed by atoms with van der Waals surface area (Å²) in [5.41, 5.74) is 0. The summed E-state index contributed by atoms with van der Waals surface area (Å²) in [5.74, 6) is 0.130. The third-order valence-corrected chi connectivity index (χ3v) is 0.407. The Morgan fingerprint density at radius 1 is 1.67 bits per heavy atom. The van der Waals surface area contributed by atoms with Gasteiger partial charge in [0.15, 0.2) is 0 Å². The monoisotopic (exact) mass is 160 g/mol. The zero-order valence-electron chi connectivity index (χ0n) is 4.06. The van der Waals surface area contributed by atoms with Crippen LogP contribution in [0.15, 0.2) is 0 Å². The predicted molar refractivity (Wildman–Crippen MR) is 20.7 cm³/mol. The number of carbonyl (C=O) groups excluding carboxylic acids is 1. The van der Waals surface area contributed by atoms with E-state index in [2.05, 4.69) is 0 Å². The Hall–Kier alpha value is 0.644. The second kappa shape index (κ2) is 5.64. The molecule has 0 saturated heterocycles. The number of carbonyl (C=O) groups is 1. The molecule has 0 rings (SSSR count). The Balaban J connectivity index is 0. The summed E-state index contributed by atoms with van der Waals surface area (Å²) >= 11 is 0. The maximum Gasteiger partial charge on any atom is 0 e. The smallest absolute Gasteiger partial charge is 0 e. The van der Waals surface area contributed by atoms with Gasteiger partial charge in [0.2, 0.25) is 0 Å². The van der Waals surface area contributed by atoms with Gasteiger partial charge in [-0.15, -0.1) is 0 Å². The van der Waals surface area contributed by atoms with Crippen LogP contribution in [0.25, 0.3) is 0 Å². The molecule has 0 unspecified atom stereocenters. The molecule has 0 bridgehead atoms. The first-order chi connectivity index (χ1) is 2.27. The van der Waals surface area contributed by atoms with Crippen LogP contribution in [0.2, 0.25) is 0 Å². The summed E-state index contributed by atoms with van der Waals surface area (Å²) in [4.78, 5) is 9.76. The summed E-state index contributed by atoms with van der Waals surface area (Å²) in [7, 11) is 0. The van der Waals surface area contributed by atoms with Crippen LogP contribution in [-0.2, 0) is 37.5 Å². The second-order valence-electron chi connectivity index (χ2n) is 0.899. The van der Waals surface area contributed by atoms with E-state index in [-0.39, 0.29) is 38.5 Å². The fourth-order valence-electron chi connectivity index (χ4n) is 0. The standard InChI is InChI=1S/C4H7O.Y/c1-3-4(2)5;/h3H,1-2H3;/q-1;. The molecule has 0 amide bonds. The van der Waals surface area contributed by atoms with Crippen LogP contribution in [-0.4, -0.2) is 5.78 Å². The summed E-state index contributed by atoms with van der Waals surface area (Å²) in [5, 5.41) is 0. The van der Waals surface area contributed by atoms with Gasteiger partial charge in [0.1, 0.15) is 0 Å². The van der Waals surface area contributed by atoms with Crippen molar-refractivity contribution < 1.29 is 37.5 Å². The number of rotatable bonds is 1. The Morgan fingerprint density at radius 3 is 1.83 bits per heavy atom. The molecule has 0 aliphatic heterocycles. The van der Waals surface area contributed by atoms with Crippen molar-refractivity contribution in [3.8, 4) is 0 Å². The summed E-state index contributed by atoms with van der Waals surface area (Å²) < 4.78 is 0. The molecule has 0 heterocycles. The van der Waals surface area contributed by atoms with Crippen molar-refractivity contribution in [2.45, 2.75) is 13.8 Å². The molecule has 6 heavy (non-hydrogen) atoms. The fourth-order valence-corrected chi connectivity index (χ4v) is 0. The van der Waals surface area contributed by atoms with E-state index < -0.39 is 0 Å². The van der Waals surface area contributed by atoms with E-state index in [1.807, 2.05) is 0 Å². The van der Waals surface area contributed by atoms with Crippen molar-refractivity contribution >= 4 is 5.78 Å². The van der Waals surface area contributed by atoms with Gasteiger partial charge in [-0.2, -0.15) is 6.92 Å². The van der Waals surface area contributed by atoms with Crippen molar-refractivity contribution in [2.24, 2.45) is 0 Å². The summed E-state index contributed by atoms with van der Waals surface area (Å²) in [6.07, 6.45) is 1.53. The third kappa shape index (κ3) is 8.82. The van der Waals surface area contributed by atoms with E-state index in [4.69, 9.17) is 0 Å². The first-order valence-electron chi connectivity index (χ1n) is 1.57. The maximum absolute atomic E-state index is 9.76. The first kappa shape index (κ1) is 9.81. The van der Waals surface area contributed by atoms with Gasteiger partial charge >= 0.3 is 0 Å². The van der Waals surface area contributed by atoms with Gasteiger partial charge < -0.3 is 11.2 Å². The second-order valence-corrected chi connectivity index (χ2v) is 0.899. The largest absolute Gasteiger partial charge is 0.335 e. The Labute approximate surface area is 63.4 Å². The third-order valence-electron chi connectivity index (χ3n) is 0.407. The molecule has 2 heteroatoms. The van der Waals surface area contributed by atoms with Crippen molar-refractivity contribution in [2.75, 3.05) is 0 Å². The van der Waals surface area contributed by atoms with Crippen LogP contribution in [0.3, 0.4) is 0 Å². The van der Waals surface area contributed by atoms with Gasteiger partial charge in [0.05, 0.1) is 0 Å². The van der Waals surface area contributed by atoms with Gasteiger partial charge in [-0.25, -0.2) is 0 Å². The normalized spacial score (nSPS) is 5.67. The predicted octanol–water partition coefficient (Wildman–Crippen LogP) is 0.797. The molecule has 0 atom stereocenters. The van der Waals surface area contributed by atoms with E-state index >= 15 is 0 Å². The van der Waals surface area contributed by atoms with Crippen molar-refractivity contribution in [1.82, 2.24) is 0 Å². The average Bonchev–Trinajstić information content (AvgIpc) is 1.38. The minimum absolute atomic E-state index is 0. The van der Waals surface area contributed by atoms with Crippen molar-refractivity contribution in [1.29, 1.82) is 0 Å². The van der Waals surface area contributed by atoms with Crippen LogP contribution >= 0.6 is 0 Å². The summed E-state index contributed by atoms with van der Waals surface area (Å²) in [6, 6.07) is 0. The maximum atomic E-state index is 9.76. The Kier molecular flexibility index (Phi) is 9.23. The van der Waals surface area contributed by atoms with Gasteiger partial charge in [-0.05, 0) is 12.7 Å². The van der Waals surface area contributed by atoms with E-state index in [0.29, 0.717) is 0 Å². The van der Waals surface area contributed by atoms with Crippen LogP contribution in [0.4, 0.5) is 0 Å². The number of hydrogen-bond acceptors (Lipinski definition) is 1. The fraction of sp³-hybridized carbons (Fsp3) is 0.500.